The van der Waals surface area contributed by atoms with Crippen LogP contribution < -0.4 is 5.32 Å². The van der Waals surface area contributed by atoms with Gasteiger partial charge in [-0.1, -0.05) is 60.7 Å². The number of carbonyl (C=O) groups is 2. The van der Waals surface area contributed by atoms with Crippen LogP contribution in [0.3, 0.4) is 0 Å². The van der Waals surface area contributed by atoms with Crippen LogP contribution in [-0.2, 0) is 20.7 Å². The molecular weight excluding hydrogens is 366 g/mol. The topological polar surface area (TPSA) is 75.6 Å². The Morgan fingerprint density at radius 2 is 1.79 bits per heavy atom. The summed E-state index contributed by atoms with van der Waals surface area (Å²) in [7, 11) is 0. The second-order valence-corrected chi connectivity index (χ2v) is 7.34. The maximum Gasteiger partial charge on any atom is 0.305 e. The molecule has 3 aromatic carbocycles. The van der Waals surface area contributed by atoms with Gasteiger partial charge in [-0.05, 0) is 39.9 Å². The monoisotopic (exact) mass is 389 g/mol. The lowest BCUT2D eigenvalue weighted by molar-refractivity contribution is -0.137. The zero-order valence-corrected chi connectivity index (χ0v) is 16.0. The van der Waals surface area contributed by atoms with Crippen LogP contribution in [0.4, 0.5) is 0 Å². The molecule has 0 aliphatic carbocycles. The molecule has 29 heavy (non-hydrogen) atoms. The normalized spacial score (nSPS) is 16.8. The van der Waals surface area contributed by atoms with Gasteiger partial charge < -0.3 is 15.2 Å². The van der Waals surface area contributed by atoms with Gasteiger partial charge in [-0.25, -0.2) is 0 Å². The Bertz CT molecular complexity index is 1050. The molecule has 1 unspecified atom stereocenters. The molecule has 5 heteroatoms. The van der Waals surface area contributed by atoms with Crippen molar-refractivity contribution in [2.75, 3.05) is 6.61 Å². The molecule has 0 radical (unpaired) electrons. The Kier molecular flexibility index (Phi) is 5.58. The molecule has 0 saturated carbocycles. The second kappa shape index (κ2) is 8.45. The Morgan fingerprint density at radius 3 is 2.62 bits per heavy atom. The lowest BCUT2D eigenvalue weighted by Gasteiger charge is -2.26. The van der Waals surface area contributed by atoms with Gasteiger partial charge in [0.1, 0.15) is 0 Å². The van der Waals surface area contributed by atoms with Crippen molar-refractivity contribution in [1.29, 1.82) is 0 Å². The molecule has 2 atom stereocenters. The third-order valence-electron chi connectivity index (χ3n) is 5.35. The van der Waals surface area contributed by atoms with Gasteiger partial charge in [0.15, 0.2) is 0 Å². The molecule has 0 aromatic heterocycles. The molecule has 3 aromatic rings. The largest absolute Gasteiger partial charge is 0.481 e. The molecule has 1 amide bonds. The summed E-state index contributed by atoms with van der Waals surface area (Å²) in [6, 6.07) is 21.0. The predicted octanol–water partition coefficient (Wildman–Crippen LogP) is 4.18. The lowest BCUT2D eigenvalue weighted by atomic mass is 9.95. The first kappa shape index (κ1) is 19.2. The number of rotatable bonds is 6. The van der Waals surface area contributed by atoms with Crippen LogP contribution in [0, 0.1) is 0 Å². The number of nitrogens with one attached hydrogen (secondary N) is 1. The molecule has 4 rings (SSSR count). The van der Waals surface area contributed by atoms with E-state index in [9.17, 15) is 14.7 Å². The van der Waals surface area contributed by atoms with Crippen molar-refractivity contribution in [3.8, 4) is 0 Å². The van der Waals surface area contributed by atoms with E-state index in [1.807, 2.05) is 60.7 Å². The van der Waals surface area contributed by atoms with Crippen molar-refractivity contribution in [1.82, 2.24) is 5.32 Å². The Hall–Kier alpha value is -3.18. The Labute approximate surface area is 169 Å². The highest BCUT2D eigenvalue weighted by Crippen LogP contribution is 2.30. The zero-order valence-electron chi connectivity index (χ0n) is 16.0. The van der Waals surface area contributed by atoms with Crippen LogP contribution in [0.25, 0.3) is 10.8 Å². The van der Waals surface area contributed by atoms with Gasteiger partial charge in [0.2, 0.25) is 5.91 Å². The van der Waals surface area contributed by atoms with Crippen LogP contribution in [-0.4, -0.2) is 23.6 Å². The highest BCUT2D eigenvalue weighted by molar-refractivity contribution is 5.84. The van der Waals surface area contributed by atoms with Crippen molar-refractivity contribution in [2.24, 2.45) is 0 Å². The number of fused-ring (bicyclic) bond motifs is 2. The average molecular weight is 389 g/mol. The van der Waals surface area contributed by atoms with Crippen LogP contribution in [0.5, 0.6) is 0 Å². The van der Waals surface area contributed by atoms with Crippen LogP contribution >= 0.6 is 0 Å². The van der Waals surface area contributed by atoms with E-state index < -0.39 is 12.0 Å². The second-order valence-electron chi connectivity index (χ2n) is 7.34. The number of hydrogen-bond donors (Lipinski definition) is 2. The van der Waals surface area contributed by atoms with Gasteiger partial charge in [-0.2, -0.15) is 0 Å². The molecule has 5 nitrogen and oxygen atoms in total. The molecule has 1 aliphatic heterocycles. The number of ether oxygens (including phenoxy) is 1. The van der Waals surface area contributed by atoms with Gasteiger partial charge in [-0.3, -0.25) is 9.59 Å². The van der Waals surface area contributed by atoms with Gasteiger partial charge in [-0.15, -0.1) is 0 Å². The molecule has 0 spiro atoms. The highest BCUT2D eigenvalue weighted by atomic mass is 16.5. The van der Waals surface area contributed by atoms with E-state index in [-0.39, 0.29) is 24.9 Å². The third-order valence-corrected chi connectivity index (χ3v) is 5.35. The maximum absolute atomic E-state index is 12.8. The molecule has 0 saturated heterocycles. The summed E-state index contributed by atoms with van der Waals surface area (Å²) < 4.78 is 5.82. The Balaban J connectivity index is 1.52. The van der Waals surface area contributed by atoms with E-state index in [0.717, 1.165) is 28.3 Å². The van der Waals surface area contributed by atoms with E-state index >= 15 is 0 Å². The summed E-state index contributed by atoms with van der Waals surface area (Å²) in [5.74, 6) is -1.17. The first-order valence-electron chi connectivity index (χ1n) is 9.79. The first-order valence-corrected chi connectivity index (χ1v) is 9.79. The zero-order chi connectivity index (χ0) is 20.2. The SMILES string of the molecule is O=C(O)C[C@H](NC(=O)CC1OCCc2ccccc21)c1ccc2ccccc2c1. The van der Waals surface area contributed by atoms with Crippen molar-refractivity contribution >= 4 is 22.6 Å². The van der Waals surface area contributed by atoms with Crippen molar-refractivity contribution in [2.45, 2.75) is 31.4 Å². The molecule has 0 bridgehead atoms. The molecule has 2 N–H and O–H groups in total. The summed E-state index contributed by atoms with van der Waals surface area (Å²) in [5.41, 5.74) is 3.02. The third kappa shape index (κ3) is 4.46. The summed E-state index contributed by atoms with van der Waals surface area (Å²) in [5, 5.41) is 14.3. The summed E-state index contributed by atoms with van der Waals surface area (Å²) in [4.78, 5) is 24.2. The fraction of sp³-hybridized carbons (Fsp3) is 0.250. The summed E-state index contributed by atoms with van der Waals surface area (Å²) in [6.07, 6.45) is 0.530. The van der Waals surface area contributed by atoms with Gasteiger partial charge in [0.25, 0.3) is 0 Å². The summed E-state index contributed by atoms with van der Waals surface area (Å²) in [6.45, 7) is 0.582. The number of amides is 1. The van der Waals surface area contributed by atoms with Crippen LogP contribution in [0.1, 0.15) is 41.7 Å². The van der Waals surface area contributed by atoms with E-state index in [2.05, 4.69) is 11.4 Å². The average Bonchev–Trinajstić information content (AvgIpc) is 2.73. The number of benzene rings is 3. The van der Waals surface area contributed by atoms with Crippen molar-refractivity contribution in [3.63, 3.8) is 0 Å². The van der Waals surface area contributed by atoms with E-state index in [1.54, 1.807) is 0 Å². The Morgan fingerprint density at radius 1 is 1.03 bits per heavy atom. The van der Waals surface area contributed by atoms with E-state index in [0.29, 0.717) is 6.61 Å². The quantitative estimate of drug-likeness (QED) is 0.663. The lowest BCUT2D eigenvalue weighted by Crippen LogP contribution is -2.32. The predicted molar refractivity (Wildman–Crippen MR) is 111 cm³/mol. The van der Waals surface area contributed by atoms with Gasteiger partial charge in [0.05, 0.1) is 31.6 Å². The minimum Gasteiger partial charge on any atom is -0.481 e. The molecule has 148 valence electrons. The maximum atomic E-state index is 12.8. The number of carboxylic acids is 1. The fourth-order valence-corrected chi connectivity index (χ4v) is 3.92. The van der Waals surface area contributed by atoms with Gasteiger partial charge >= 0.3 is 5.97 Å². The number of hydrogen-bond acceptors (Lipinski definition) is 3. The molecular formula is C24H23NO4. The number of aliphatic carboxylic acids is 1. The smallest absolute Gasteiger partial charge is 0.305 e. The summed E-state index contributed by atoms with van der Waals surface area (Å²) >= 11 is 0. The minimum atomic E-state index is -0.956. The molecule has 0 fully saturated rings. The van der Waals surface area contributed by atoms with Crippen LogP contribution in [0.2, 0.25) is 0 Å². The number of carboxylic acid groups (broad SMARTS) is 1. The number of carbonyl (C=O) groups excluding carboxylic acids is 1. The van der Waals surface area contributed by atoms with E-state index in [4.69, 9.17) is 4.74 Å². The first-order chi connectivity index (χ1) is 14.1. The fourth-order valence-electron chi connectivity index (χ4n) is 3.92. The van der Waals surface area contributed by atoms with E-state index in [1.165, 1.54) is 5.56 Å². The van der Waals surface area contributed by atoms with Crippen molar-refractivity contribution in [3.05, 3.63) is 83.4 Å². The molecule has 1 aliphatic rings. The minimum absolute atomic E-state index is 0.167. The standard InChI is InChI=1S/C24H23NO4/c26-23(15-22-20-8-4-3-6-17(20)11-12-29-22)25-21(14-24(27)28)19-10-9-16-5-1-2-7-18(16)13-19/h1-10,13,21-22H,11-12,14-15H2,(H,25,26)(H,27,28)/t21-,22?/m0/s1. The highest BCUT2D eigenvalue weighted by Gasteiger charge is 2.25. The molecule has 1 heterocycles. The van der Waals surface area contributed by atoms with Crippen LogP contribution in [0.15, 0.2) is 66.7 Å². The van der Waals surface area contributed by atoms with Crippen molar-refractivity contribution < 1.29 is 19.4 Å². The van der Waals surface area contributed by atoms with Gasteiger partial charge in [0, 0.05) is 0 Å².